The van der Waals surface area contributed by atoms with Gasteiger partial charge in [0, 0.05) is 0 Å². The Morgan fingerprint density at radius 1 is 1.38 bits per heavy atom. The van der Waals surface area contributed by atoms with Crippen molar-refractivity contribution in [2.75, 3.05) is 19.7 Å². The average molecular weight is 224 g/mol. The molecule has 0 amide bonds. The van der Waals surface area contributed by atoms with E-state index < -0.39 is 12.0 Å². The minimum Gasteiger partial charge on any atom is -0.468 e. The molecule has 1 aromatic carbocycles. The Morgan fingerprint density at radius 2 is 2.00 bits per heavy atom. The van der Waals surface area contributed by atoms with Gasteiger partial charge in [0.1, 0.15) is 6.04 Å². The van der Waals surface area contributed by atoms with Gasteiger partial charge in [0.25, 0.3) is 0 Å². The molecular weight excluding hydrogens is 208 g/mol. The molecule has 0 saturated carbocycles. The third-order valence-corrected chi connectivity index (χ3v) is 2.13. The summed E-state index contributed by atoms with van der Waals surface area (Å²) in [5.41, 5.74) is 10.2. The molecular formula is C11H16N2O3. The van der Waals surface area contributed by atoms with E-state index in [4.69, 9.17) is 10.6 Å². The maximum absolute atomic E-state index is 11.1. The number of carbonyl (C=O) groups is 1. The third-order valence-electron chi connectivity index (χ3n) is 2.13. The van der Waals surface area contributed by atoms with Crippen LogP contribution in [0.1, 0.15) is 5.56 Å². The Kier molecular flexibility index (Phi) is 4.75. The fourth-order valence-corrected chi connectivity index (χ4v) is 1.32. The molecule has 88 valence electrons. The second kappa shape index (κ2) is 6.09. The van der Waals surface area contributed by atoms with Crippen molar-refractivity contribution < 1.29 is 14.4 Å². The first kappa shape index (κ1) is 12.5. The van der Waals surface area contributed by atoms with Gasteiger partial charge >= 0.3 is 5.97 Å². The number of benzene rings is 1. The van der Waals surface area contributed by atoms with E-state index in [1.54, 1.807) is 7.11 Å². The Morgan fingerprint density at radius 3 is 2.50 bits per heavy atom. The molecule has 1 rings (SSSR count). The van der Waals surface area contributed by atoms with Gasteiger partial charge in [-0.2, -0.15) is 0 Å². The van der Waals surface area contributed by atoms with E-state index in [2.05, 4.69) is 10.2 Å². The van der Waals surface area contributed by atoms with Crippen LogP contribution in [0, 0.1) is 0 Å². The van der Waals surface area contributed by atoms with Gasteiger partial charge in [0.15, 0.2) is 0 Å². The highest BCUT2D eigenvalue weighted by Crippen LogP contribution is 2.10. The van der Waals surface area contributed by atoms with Crippen LogP contribution in [-0.4, -0.2) is 26.2 Å². The predicted molar refractivity (Wildman–Crippen MR) is 60.8 cm³/mol. The van der Waals surface area contributed by atoms with Crippen LogP contribution in [0.25, 0.3) is 0 Å². The van der Waals surface area contributed by atoms with Gasteiger partial charge in [-0.05, 0) is 24.1 Å². The minimum absolute atomic E-state index is 0.404. The van der Waals surface area contributed by atoms with Crippen LogP contribution in [0.4, 0.5) is 5.69 Å². The summed E-state index contributed by atoms with van der Waals surface area (Å²) in [4.78, 5) is 15.9. The number of ether oxygens (including phenoxy) is 1. The van der Waals surface area contributed by atoms with Gasteiger partial charge in [-0.15, -0.1) is 0 Å². The smallest absolute Gasteiger partial charge is 0.322 e. The van der Waals surface area contributed by atoms with Crippen LogP contribution >= 0.6 is 0 Å². The van der Waals surface area contributed by atoms with E-state index in [0.717, 1.165) is 11.3 Å². The summed E-state index contributed by atoms with van der Waals surface area (Å²) in [7, 11) is 2.87. The van der Waals surface area contributed by atoms with E-state index in [1.807, 2.05) is 24.3 Å². The summed E-state index contributed by atoms with van der Waals surface area (Å²) in [5, 5.41) is 0. The number of hydrogen-bond donors (Lipinski definition) is 2. The van der Waals surface area contributed by atoms with Gasteiger partial charge in [0.2, 0.25) is 0 Å². The fraction of sp³-hybridized carbons (Fsp3) is 0.364. The first-order chi connectivity index (χ1) is 7.67. The van der Waals surface area contributed by atoms with E-state index in [1.165, 1.54) is 7.11 Å². The number of carbonyl (C=O) groups excluding carboxylic acids is 1. The maximum atomic E-state index is 11.1. The van der Waals surface area contributed by atoms with Crippen molar-refractivity contribution in [1.82, 2.24) is 0 Å². The van der Waals surface area contributed by atoms with E-state index >= 15 is 0 Å². The van der Waals surface area contributed by atoms with Crippen molar-refractivity contribution in [2.24, 2.45) is 5.73 Å². The van der Waals surface area contributed by atoms with Gasteiger partial charge in [-0.1, -0.05) is 12.1 Å². The monoisotopic (exact) mass is 224 g/mol. The van der Waals surface area contributed by atoms with Crippen molar-refractivity contribution in [3.05, 3.63) is 29.8 Å². The zero-order valence-electron chi connectivity index (χ0n) is 9.40. The average Bonchev–Trinajstić information content (AvgIpc) is 2.31. The molecule has 1 unspecified atom stereocenters. The second-order valence-corrected chi connectivity index (χ2v) is 3.34. The molecule has 5 nitrogen and oxygen atoms in total. The number of rotatable bonds is 5. The summed E-state index contributed by atoms with van der Waals surface area (Å²) in [6, 6.07) is 6.84. The molecule has 3 N–H and O–H groups in total. The van der Waals surface area contributed by atoms with Crippen LogP contribution in [0.3, 0.4) is 0 Å². The zero-order valence-corrected chi connectivity index (χ0v) is 9.40. The highest BCUT2D eigenvalue weighted by Gasteiger charge is 2.13. The van der Waals surface area contributed by atoms with Crippen molar-refractivity contribution in [3.63, 3.8) is 0 Å². The van der Waals surface area contributed by atoms with Crippen LogP contribution in [0.15, 0.2) is 24.3 Å². The Hall–Kier alpha value is -1.59. The second-order valence-electron chi connectivity index (χ2n) is 3.34. The zero-order chi connectivity index (χ0) is 12.0. The highest BCUT2D eigenvalue weighted by molar-refractivity contribution is 5.75. The summed E-state index contributed by atoms with van der Waals surface area (Å²) in [5.74, 6) is -0.404. The fourth-order valence-electron chi connectivity index (χ4n) is 1.32. The molecule has 0 heterocycles. The largest absolute Gasteiger partial charge is 0.468 e. The van der Waals surface area contributed by atoms with Gasteiger partial charge < -0.3 is 10.5 Å². The first-order valence-corrected chi connectivity index (χ1v) is 4.88. The van der Waals surface area contributed by atoms with Gasteiger partial charge in [-0.25, -0.2) is 0 Å². The highest BCUT2D eigenvalue weighted by atomic mass is 16.6. The Balaban J connectivity index is 2.58. The number of nitrogens with two attached hydrogens (primary N) is 1. The SMILES string of the molecule is CONc1ccc(CC(N)C(=O)OC)cc1. The molecule has 0 radical (unpaired) electrons. The summed E-state index contributed by atoms with van der Waals surface area (Å²) in [6.07, 6.45) is 0.458. The summed E-state index contributed by atoms with van der Waals surface area (Å²) in [6.45, 7) is 0. The molecule has 5 heteroatoms. The van der Waals surface area contributed by atoms with E-state index in [0.29, 0.717) is 6.42 Å². The van der Waals surface area contributed by atoms with Crippen LogP contribution in [-0.2, 0) is 20.8 Å². The maximum Gasteiger partial charge on any atom is 0.322 e. The molecule has 1 aromatic rings. The molecule has 0 aliphatic heterocycles. The number of nitrogens with one attached hydrogen (secondary N) is 1. The number of methoxy groups -OCH3 is 1. The molecule has 0 aliphatic carbocycles. The lowest BCUT2D eigenvalue weighted by molar-refractivity contribution is -0.142. The molecule has 0 aromatic heterocycles. The van der Waals surface area contributed by atoms with Crippen molar-refractivity contribution in [1.29, 1.82) is 0 Å². The minimum atomic E-state index is -0.619. The molecule has 1 atom stereocenters. The quantitative estimate of drug-likeness (QED) is 0.569. The molecule has 0 spiro atoms. The van der Waals surface area contributed by atoms with Crippen molar-refractivity contribution in [2.45, 2.75) is 12.5 Å². The van der Waals surface area contributed by atoms with Crippen molar-refractivity contribution in [3.8, 4) is 0 Å². The summed E-state index contributed by atoms with van der Waals surface area (Å²) >= 11 is 0. The molecule has 0 aliphatic rings. The standard InChI is InChI=1S/C11H16N2O3/c1-15-11(14)10(12)7-8-3-5-9(6-4-8)13-16-2/h3-6,10,13H,7,12H2,1-2H3. The first-order valence-electron chi connectivity index (χ1n) is 4.88. The Bertz CT molecular complexity index is 338. The lowest BCUT2D eigenvalue weighted by Gasteiger charge is -2.09. The van der Waals surface area contributed by atoms with Gasteiger partial charge in [0.05, 0.1) is 19.9 Å². The number of hydrogen-bond acceptors (Lipinski definition) is 5. The van der Waals surface area contributed by atoms with Crippen LogP contribution in [0.5, 0.6) is 0 Å². The Labute approximate surface area is 94.5 Å². The lowest BCUT2D eigenvalue weighted by Crippen LogP contribution is -2.33. The predicted octanol–water partition coefficient (Wildman–Crippen LogP) is 0.703. The molecule has 16 heavy (non-hydrogen) atoms. The lowest BCUT2D eigenvalue weighted by atomic mass is 10.1. The number of anilines is 1. The molecule has 0 fully saturated rings. The van der Waals surface area contributed by atoms with E-state index in [-0.39, 0.29) is 0 Å². The molecule has 0 bridgehead atoms. The van der Waals surface area contributed by atoms with Crippen LogP contribution in [0.2, 0.25) is 0 Å². The topological polar surface area (TPSA) is 73.6 Å². The van der Waals surface area contributed by atoms with Crippen molar-refractivity contribution >= 4 is 11.7 Å². The van der Waals surface area contributed by atoms with Crippen LogP contribution < -0.4 is 11.2 Å². The normalized spacial score (nSPS) is 11.9. The number of esters is 1. The van der Waals surface area contributed by atoms with E-state index in [9.17, 15) is 4.79 Å². The summed E-state index contributed by atoms with van der Waals surface area (Å²) < 4.78 is 4.55. The van der Waals surface area contributed by atoms with Gasteiger partial charge in [-0.3, -0.25) is 15.1 Å². The third kappa shape index (κ3) is 3.52. The molecule has 0 saturated heterocycles.